The maximum absolute atomic E-state index is 13.1. The Kier molecular flexibility index (Phi) is 4.35. The molecule has 2 aliphatic heterocycles. The van der Waals surface area contributed by atoms with Gasteiger partial charge in [-0.3, -0.25) is 9.59 Å². The molecule has 2 amide bonds. The topological polar surface area (TPSA) is 67.9 Å². The fourth-order valence-corrected chi connectivity index (χ4v) is 4.14. The lowest BCUT2D eigenvalue weighted by molar-refractivity contribution is -0.154. The third kappa shape index (κ3) is 3.05. The van der Waals surface area contributed by atoms with Gasteiger partial charge in [0.05, 0.1) is 6.42 Å². The van der Waals surface area contributed by atoms with Gasteiger partial charge in [-0.15, -0.1) is 0 Å². The van der Waals surface area contributed by atoms with Gasteiger partial charge < -0.3 is 19.7 Å². The number of likely N-dealkylation sites (tertiary alicyclic amines) is 1. The van der Waals surface area contributed by atoms with Crippen LogP contribution < -0.4 is 14.8 Å². The monoisotopic (exact) mass is 402 g/mol. The molecule has 152 valence electrons. The lowest BCUT2D eigenvalue weighted by Gasteiger charge is -2.49. The van der Waals surface area contributed by atoms with Crippen molar-refractivity contribution in [1.29, 1.82) is 0 Å². The van der Waals surface area contributed by atoms with Crippen LogP contribution in [0.25, 0.3) is 10.8 Å². The van der Waals surface area contributed by atoms with E-state index in [4.69, 9.17) is 9.47 Å². The normalized spacial score (nSPS) is 19.4. The first-order valence-corrected chi connectivity index (χ1v) is 10.0. The number of carbonyl (C=O) groups is 2. The van der Waals surface area contributed by atoms with Gasteiger partial charge in [0.15, 0.2) is 11.5 Å². The minimum atomic E-state index is -0.863. The number of anilines is 1. The minimum absolute atomic E-state index is 0.0408. The van der Waals surface area contributed by atoms with Gasteiger partial charge in [-0.1, -0.05) is 42.5 Å². The van der Waals surface area contributed by atoms with Crippen molar-refractivity contribution >= 4 is 28.3 Å². The molecule has 0 spiro atoms. The maximum Gasteiger partial charge on any atom is 0.250 e. The molecule has 6 heteroatoms. The van der Waals surface area contributed by atoms with Crippen LogP contribution in [-0.4, -0.2) is 35.6 Å². The predicted octanol–water partition coefficient (Wildman–Crippen LogP) is 3.74. The van der Waals surface area contributed by atoms with Crippen molar-refractivity contribution in [2.45, 2.75) is 25.3 Å². The summed E-state index contributed by atoms with van der Waals surface area (Å²) >= 11 is 0. The highest BCUT2D eigenvalue weighted by Gasteiger charge is 2.49. The first-order chi connectivity index (χ1) is 14.5. The lowest BCUT2D eigenvalue weighted by Crippen LogP contribution is -2.66. The molecule has 0 saturated carbocycles. The van der Waals surface area contributed by atoms with E-state index in [2.05, 4.69) is 5.32 Å². The second-order valence-corrected chi connectivity index (χ2v) is 7.91. The molecule has 1 unspecified atom stereocenters. The van der Waals surface area contributed by atoms with E-state index in [9.17, 15) is 9.59 Å². The number of fused-ring (bicyclic) bond motifs is 2. The van der Waals surface area contributed by atoms with Crippen molar-refractivity contribution in [1.82, 2.24) is 4.90 Å². The van der Waals surface area contributed by atoms with Crippen LogP contribution in [0.15, 0.2) is 60.7 Å². The number of hydrogen-bond donors (Lipinski definition) is 1. The molecule has 1 N–H and O–H groups in total. The molecule has 30 heavy (non-hydrogen) atoms. The predicted molar refractivity (Wildman–Crippen MR) is 114 cm³/mol. The number of benzene rings is 3. The molecule has 2 aliphatic rings. The second-order valence-electron chi connectivity index (χ2n) is 7.91. The number of ether oxygens (including phenoxy) is 2. The molecule has 1 saturated heterocycles. The average Bonchev–Trinajstić information content (AvgIpc) is 3.20. The summed E-state index contributed by atoms with van der Waals surface area (Å²) in [5.74, 6) is 1.03. The van der Waals surface area contributed by atoms with Gasteiger partial charge in [0.1, 0.15) is 5.54 Å². The molecular weight excluding hydrogens is 380 g/mol. The SMILES string of the molecule is CC1(C(=O)Nc2ccc3c(c2)OCO3)CCN1C(=O)Cc1cccc2ccccc12. The number of carbonyl (C=O) groups excluding carboxylic acids is 2. The highest BCUT2D eigenvalue weighted by atomic mass is 16.7. The molecule has 2 heterocycles. The zero-order valence-electron chi connectivity index (χ0n) is 16.7. The fourth-order valence-electron chi connectivity index (χ4n) is 4.14. The largest absolute Gasteiger partial charge is 0.454 e. The van der Waals surface area contributed by atoms with Crippen molar-refractivity contribution < 1.29 is 19.1 Å². The van der Waals surface area contributed by atoms with Gasteiger partial charge >= 0.3 is 0 Å². The van der Waals surface area contributed by atoms with E-state index in [1.165, 1.54) is 0 Å². The molecule has 1 fully saturated rings. The first-order valence-electron chi connectivity index (χ1n) is 10.0. The van der Waals surface area contributed by atoms with Crippen molar-refractivity contribution in [3.8, 4) is 11.5 Å². The average molecular weight is 402 g/mol. The summed E-state index contributed by atoms with van der Waals surface area (Å²) in [6, 6.07) is 19.3. The highest BCUT2D eigenvalue weighted by molar-refractivity contribution is 6.02. The lowest BCUT2D eigenvalue weighted by atomic mass is 9.84. The Bertz CT molecular complexity index is 1150. The van der Waals surface area contributed by atoms with E-state index < -0.39 is 5.54 Å². The van der Waals surface area contributed by atoms with Crippen LogP contribution in [0, 0.1) is 0 Å². The van der Waals surface area contributed by atoms with Crippen LogP contribution in [0.5, 0.6) is 11.5 Å². The van der Waals surface area contributed by atoms with Crippen LogP contribution in [0.2, 0.25) is 0 Å². The summed E-state index contributed by atoms with van der Waals surface area (Å²) in [4.78, 5) is 27.8. The van der Waals surface area contributed by atoms with Gasteiger partial charge in [-0.05, 0) is 41.8 Å². The fraction of sp³-hybridized carbons (Fsp3) is 0.250. The van der Waals surface area contributed by atoms with Gasteiger partial charge in [0, 0.05) is 18.3 Å². The van der Waals surface area contributed by atoms with Crippen LogP contribution >= 0.6 is 0 Å². The molecule has 3 aromatic rings. The third-order valence-electron chi connectivity index (χ3n) is 6.06. The van der Waals surface area contributed by atoms with Gasteiger partial charge in [-0.25, -0.2) is 0 Å². The summed E-state index contributed by atoms with van der Waals surface area (Å²) in [5.41, 5.74) is 0.736. The van der Waals surface area contributed by atoms with E-state index in [-0.39, 0.29) is 25.0 Å². The maximum atomic E-state index is 13.1. The Morgan fingerprint density at radius 3 is 2.67 bits per heavy atom. The summed E-state index contributed by atoms with van der Waals surface area (Å²) < 4.78 is 10.7. The summed E-state index contributed by atoms with van der Waals surface area (Å²) in [6.45, 7) is 2.58. The Labute approximate surface area is 174 Å². The van der Waals surface area contributed by atoms with Crippen molar-refractivity contribution in [2.75, 3.05) is 18.7 Å². The van der Waals surface area contributed by atoms with E-state index in [1.807, 2.05) is 49.4 Å². The van der Waals surface area contributed by atoms with E-state index in [0.717, 1.165) is 16.3 Å². The van der Waals surface area contributed by atoms with Gasteiger partial charge in [0.25, 0.3) is 0 Å². The standard InChI is InChI=1S/C24H22N2O4/c1-24(23(28)25-18-9-10-20-21(14-18)30-15-29-20)11-12-26(24)22(27)13-17-7-4-6-16-5-2-3-8-19(16)17/h2-10,14H,11-13,15H2,1H3,(H,25,28). The van der Waals surface area contributed by atoms with Gasteiger partial charge in [-0.2, -0.15) is 0 Å². The number of nitrogens with one attached hydrogen (secondary N) is 1. The Hall–Kier alpha value is -3.54. The van der Waals surface area contributed by atoms with Crippen molar-refractivity contribution in [2.24, 2.45) is 0 Å². The zero-order valence-corrected chi connectivity index (χ0v) is 16.7. The van der Waals surface area contributed by atoms with Crippen LogP contribution in [0.4, 0.5) is 5.69 Å². The van der Waals surface area contributed by atoms with E-state index in [1.54, 1.807) is 23.1 Å². The number of rotatable bonds is 4. The highest BCUT2D eigenvalue weighted by Crippen LogP contribution is 2.36. The van der Waals surface area contributed by atoms with E-state index in [0.29, 0.717) is 30.2 Å². The zero-order chi connectivity index (χ0) is 20.7. The minimum Gasteiger partial charge on any atom is -0.454 e. The Morgan fingerprint density at radius 1 is 1.03 bits per heavy atom. The Morgan fingerprint density at radius 2 is 1.83 bits per heavy atom. The van der Waals surface area contributed by atoms with Gasteiger partial charge in [0.2, 0.25) is 18.6 Å². The number of hydrogen-bond acceptors (Lipinski definition) is 4. The van der Waals surface area contributed by atoms with Crippen molar-refractivity contribution in [3.05, 3.63) is 66.2 Å². The number of nitrogens with zero attached hydrogens (tertiary/aromatic N) is 1. The molecule has 0 radical (unpaired) electrons. The number of amides is 2. The van der Waals surface area contributed by atoms with Crippen molar-refractivity contribution in [3.63, 3.8) is 0 Å². The molecule has 0 aliphatic carbocycles. The Balaban J connectivity index is 1.31. The molecule has 0 bridgehead atoms. The second kappa shape index (κ2) is 7.06. The molecule has 5 rings (SSSR count). The molecular formula is C24H22N2O4. The summed E-state index contributed by atoms with van der Waals surface area (Å²) in [7, 11) is 0. The summed E-state index contributed by atoms with van der Waals surface area (Å²) in [6.07, 6.45) is 0.902. The molecule has 0 aromatic heterocycles. The smallest absolute Gasteiger partial charge is 0.250 e. The molecule has 6 nitrogen and oxygen atoms in total. The third-order valence-corrected chi connectivity index (χ3v) is 6.06. The van der Waals surface area contributed by atoms with Crippen LogP contribution in [0.3, 0.4) is 0 Å². The molecule has 1 atom stereocenters. The van der Waals surface area contributed by atoms with Crippen LogP contribution in [0.1, 0.15) is 18.9 Å². The van der Waals surface area contributed by atoms with E-state index >= 15 is 0 Å². The van der Waals surface area contributed by atoms with Crippen LogP contribution in [-0.2, 0) is 16.0 Å². The quantitative estimate of drug-likeness (QED) is 0.722. The molecule has 3 aromatic carbocycles. The summed E-state index contributed by atoms with van der Waals surface area (Å²) in [5, 5.41) is 5.10. The first kappa shape index (κ1) is 18.5.